The van der Waals surface area contributed by atoms with Crippen molar-refractivity contribution in [3.05, 3.63) is 22.4 Å². The zero-order valence-electron chi connectivity index (χ0n) is 8.45. The maximum Gasteiger partial charge on any atom is 0.410 e. The zero-order chi connectivity index (χ0) is 12.2. The Morgan fingerprint density at radius 2 is 2.25 bits per heavy atom. The lowest BCUT2D eigenvalue weighted by Crippen LogP contribution is -2.38. The maximum absolute atomic E-state index is 12.2. The summed E-state index contributed by atoms with van der Waals surface area (Å²) in [5.41, 5.74) is 0.652. The van der Waals surface area contributed by atoms with Crippen molar-refractivity contribution < 1.29 is 22.7 Å². The van der Waals surface area contributed by atoms with Gasteiger partial charge in [0.2, 0.25) is 0 Å². The molecule has 0 unspecified atom stereocenters. The molecule has 0 atom stereocenters. The Hall–Kier alpha value is -1.24. The molecule has 0 bridgehead atoms. The molecule has 16 heavy (non-hydrogen) atoms. The Labute approximate surface area is 94.4 Å². The smallest absolute Gasteiger partial charge is 0.410 e. The number of rotatable bonds is 3. The van der Waals surface area contributed by atoms with E-state index in [1.807, 2.05) is 0 Å². The highest BCUT2D eigenvalue weighted by Gasteiger charge is 2.33. The molecule has 1 rings (SSSR count). The number of carbonyl (C=O) groups is 1. The van der Waals surface area contributed by atoms with Crippen molar-refractivity contribution >= 4 is 17.4 Å². The third-order valence-corrected chi connectivity index (χ3v) is 2.49. The van der Waals surface area contributed by atoms with Crippen LogP contribution in [0.25, 0.3) is 0 Å². The highest BCUT2D eigenvalue weighted by molar-refractivity contribution is 7.07. The Morgan fingerprint density at radius 1 is 1.56 bits per heavy atom. The summed E-state index contributed by atoms with van der Waals surface area (Å²) in [4.78, 5) is 11.7. The Bertz CT molecular complexity index is 337. The first-order valence-electron chi connectivity index (χ1n) is 4.33. The summed E-state index contributed by atoms with van der Waals surface area (Å²) >= 11 is 1.36. The second kappa shape index (κ2) is 5.20. The number of nitrogens with zero attached hydrogens (tertiary/aromatic N) is 1. The number of halogens is 3. The fourth-order valence-electron chi connectivity index (χ4n) is 1.13. The lowest BCUT2D eigenvalue weighted by Gasteiger charge is -2.21. The quantitative estimate of drug-likeness (QED) is 0.829. The van der Waals surface area contributed by atoms with Gasteiger partial charge in [0.05, 0.1) is 13.7 Å². The predicted molar refractivity (Wildman–Crippen MR) is 53.2 cm³/mol. The van der Waals surface area contributed by atoms with E-state index in [1.165, 1.54) is 11.3 Å². The van der Waals surface area contributed by atoms with Crippen LogP contribution < -0.4 is 0 Å². The molecule has 0 aromatic carbocycles. The van der Waals surface area contributed by atoms with Gasteiger partial charge in [0.1, 0.15) is 6.54 Å². The van der Waals surface area contributed by atoms with Crippen LogP contribution >= 0.6 is 11.3 Å². The number of methoxy groups -OCH3 is 1. The molecule has 1 aromatic rings. The summed E-state index contributed by atoms with van der Waals surface area (Å²) in [6.45, 7) is -1.41. The lowest BCUT2D eigenvalue weighted by atomic mass is 10.3. The van der Waals surface area contributed by atoms with Gasteiger partial charge >= 0.3 is 12.3 Å². The topological polar surface area (TPSA) is 29.5 Å². The van der Waals surface area contributed by atoms with Crippen molar-refractivity contribution in [2.45, 2.75) is 12.7 Å². The van der Waals surface area contributed by atoms with Crippen molar-refractivity contribution in [3.8, 4) is 0 Å². The van der Waals surface area contributed by atoms with E-state index in [0.717, 1.165) is 7.11 Å². The summed E-state index contributed by atoms with van der Waals surface area (Å²) in [5.74, 6) is 0. The number of carbonyl (C=O) groups excluding carboxylic acids is 1. The first-order chi connectivity index (χ1) is 7.42. The average Bonchev–Trinajstić information content (AvgIpc) is 2.66. The first kappa shape index (κ1) is 12.8. The van der Waals surface area contributed by atoms with Crippen molar-refractivity contribution in [2.24, 2.45) is 0 Å². The first-order valence-corrected chi connectivity index (χ1v) is 5.27. The van der Waals surface area contributed by atoms with E-state index in [2.05, 4.69) is 4.74 Å². The molecule has 1 amide bonds. The highest BCUT2D eigenvalue weighted by atomic mass is 32.1. The number of ether oxygens (including phenoxy) is 1. The molecule has 0 aliphatic carbocycles. The van der Waals surface area contributed by atoms with Gasteiger partial charge in [-0.1, -0.05) is 0 Å². The summed E-state index contributed by atoms with van der Waals surface area (Å²) < 4.78 is 40.9. The van der Waals surface area contributed by atoms with Gasteiger partial charge in [-0.25, -0.2) is 4.79 Å². The van der Waals surface area contributed by atoms with E-state index in [1.54, 1.807) is 16.8 Å². The molecule has 0 aliphatic rings. The molecular formula is C9H10F3NO2S. The zero-order valence-corrected chi connectivity index (χ0v) is 9.27. The van der Waals surface area contributed by atoms with Crippen LogP contribution in [0, 0.1) is 0 Å². The summed E-state index contributed by atoms with van der Waals surface area (Å²) in [6, 6.07) is 1.66. The largest absolute Gasteiger partial charge is 0.453 e. The minimum atomic E-state index is -4.43. The maximum atomic E-state index is 12.2. The van der Waals surface area contributed by atoms with E-state index in [-0.39, 0.29) is 6.54 Å². The van der Waals surface area contributed by atoms with Crippen molar-refractivity contribution in [1.29, 1.82) is 0 Å². The fourth-order valence-corrected chi connectivity index (χ4v) is 1.79. The van der Waals surface area contributed by atoms with Crippen molar-refractivity contribution in [1.82, 2.24) is 4.90 Å². The molecule has 0 saturated carbocycles. The third kappa shape index (κ3) is 4.09. The number of hydrogen-bond donors (Lipinski definition) is 0. The molecule has 7 heteroatoms. The molecule has 0 fully saturated rings. The average molecular weight is 253 g/mol. The molecule has 3 nitrogen and oxygen atoms in total. The summed E-state index contributed by atoms with van der Waals surface area (Å²) in [5, 5.41) is 3.42. The normalized spacial score (nSPS) is 11.2. The monoisotopic (exact) mass is 253 g/mol. The van der Waals surface area contributed by atoms with Gasteiger partial charge in [0.15, 0.2) is 0 Å². The minimum absolute atomic E-state index is 0.102. The molecule has 0 spiro atoms. The van der Waals surface area contributed by atoms with Gasteiger partial charge < -0.3 is 4.74 Å². The number of thiophene rings is 1. The Kier molecular flexibility index (Phi) is 4.17. The number of alkyl halides is 3. The van der Waals surface area contributed by atoms with Crippen LogP contribution in [0.5, 0.6) is 0 Å². The molecule has 0 aliphatic heterocycles. The second-order valence-electron chi connectivity index (χ2n) is 3.07. The van der Waals surface area contributed by atoms with Crippen molar-refractivity contribution in [3.63, 3.8) is 0 Å². The van der Waals surface area contributed by atoms with Crippen LogP contribution in [0.15, 0.2) is 16.8 Å². The van der Waals surface area contributed by atoms with Gasteiger partial charge in [-0.3, -0.25) is 4.90 Å². The molecule has 1 aromatic heterocycles. The highest BCUT2D eigenvalue weighted by Crippen LogP contribution is 2.19. The van der Waals surface area contributed by atoms with Crippen LogP contribution in [0.2, 0.25) is 0 Å². The minimum Gasteiger partial charge on any atom is -0.453 e. The van der Waals surface area contributed by atoms with Crippen LogP contribution in [-0.2, 0) is 11.3 Å². The third-order valence-electron chi connectivity index (χ3n) is 1.76. The van der Waals surface area contributed by atoms with E-state index in [4.69, 9.17) is 0 Å². The fraction of sp³-hybridized carbons (Fsp3) is 0.444. The molecule has 0 radical (unpaired) electrons. The van der Waals surface area contributed by atoms with Crippen LogP contribution in [0.4, 0.5) is 18.0 Å². The summed E-state index contributed by atoms with van der Waals surface area (Å²) in [7, 11) is 1.05. The van der Waals surface area contributed by atoms with Gasteiger partial charge in [-0.05, 0) is 22.4 Å². The van der Waals surface area contributed by atoms with Crippen LogP contribution in [-0.4, -0.2) is 30.8 Å². The molecule has 0 N–H and O–H groups in total. The number of hydrogen-bond acceptors (Lipinski definition) is 3. The molecule has 0 saturated heterocycles. The van der Waals surface area contributed by atoms with Gasteiger partial charge in [-0.2, -0.15) is 24.5 Å². The standard InChI is InChI=1S/C9H10F3NO2S/c1-15-8(14)13(6-9(10,11)12)4-7-2-3-16-5-7/h2-3,5H,4,6H2,1H3. The predicted octanol–water partition coefficient (Wildman–Crippen LogP) is 2.88. The van der Waals surface area contributed by atoms with E-state index < -0.39 is 18.8 Å². The molecule has 1 heterocycles. The van der Waals surface area contributed by atoms with E-state index in [9.17, 15) is 18.0 Å². The molecular weight excluding hydrogens is 243 g/mol. The van der Waals surface area contributed by atoms with Crippen LogP contribution in [0.3, 0.4) is 0 Å². The Morgan fingerprint density at radius 3 is 2.69 bits per heavy atom. The SMILES string of the molecule is COC(=O)N(Cc1ccsc1)CC(F)(F)F. The van der Waals surface area contributed by atoms with Gasteiger partial charge in [-0.15, -0.1) is 0 Å². The molecule has 90 valence electrons. The van der Waals surface area contributed by atoms with E-state index in [0.29, 0.717) is 10.5 Å². The van der Waals surface area contributed by atoms with E-state index >= 15 is 0 Å². The number of amides is 1. The van der Waals surface area contributed by atoms with Crippen LogP contribution in [0.1, 0.15) is 5.56 Å². The Balaban J connectivity index is 2.68. The summed E-state index contributed by atoms with van der Waals surface area (Å²) in [6.07, 6.45) is -5.41. The lowest BCUT2D eigenvalue weighted by molar-refractivity contribution is -0.143. The van der Waals surface area contributed by atoms with Crippen molar-refractivity contribution in [2.75, 3.05) is 13.7 Å². The van der Waals surface area contributed by atoms with Gasteiger partial charge in [0.25, 0.3) is 0 Å². The van der Waals surface area contributed by atoms with Gasteiger partial charge in [0, 0.05) is 0 Å². The second-order valence-corrected chi connectivity index (χ2v) is 3.85.